The normalized spacial score (nSPS) is 17.0. The summed E-state index contributed by atoms with van der Waals surface area (Å²) in [6, 6.07) is 11.2. The molecule has 2 heterocycles. The average Bonchev–Trinajstić information content (AvgIpc) is 3.37. The molecule has 29 heavy (non-hydrogen) atoms. The zero-order chi connectivity index (χ0) is 20.6. The van der Waals surface area contributed by atoms with Gasteiger partial charge in [-0.05, 0) is 61.4 Å². The molecule has 0 bridgehead atoms. The molecule has 1 aliphatic heterocycles. The molecule has 4 rings (SSSR count). The quantitative estimate of drug-likeness (QED) is 0.512. The van der Waals surface area contributed by atoms with E-state index in [1.807, 2.05) is 24.3 Å². The van der Waals surface area contributed by atoms with Gasteiger partial charge in [-0.25, -0.2) is 0 Å². The van der Waals surface area contributed by atoms with Crippen LogP contribution in [0.3, 0.4) is 0 Å². The zero-order valence-electron chi connectivity index (χ0n) is 15.0. The Hall–Kier alpha value is -2.68. The summed E-state index contributed by atoms with van der Waals surface area (Å²) in [7, 11) is 0. The van der Waals surface area contributed by atoms with Gasteiger partial charge in [-0.2, -0.15) is 18.2 Å². The van der Waals surface area contributed by atoms with Crippen molar-refractivity contribution >= 4 is 21.8 Å². The summed E-state index contributed by atoms with van der Waals surface area (Å²) in [5, 5.41) is 4.00. The van der Waals surface area contributed by atoms with E-state index in [2.05, 4.69) is 26.1 Å². The fourth-order valence-corrected chi connectivity index (χ4v) is 3.59. The van der Waals surface area contributed by atoms with Crippen molar-refractivity contribution in [2.24, 2.45) is 0 Å². The lowest BCUT2D eigenvalue weighted by Crippen LogP contribution is -2.30. The largest absolute Gasteiger partial charge is 0.416 e. The van der Waals surface area contributed by atoms with Gasteiger partial charge in [-0.3, -0.25) is 4.79 Å². The van der Waals surface area contributed by atoms with Gasteiger partial charge >= 0.3 is 6.18 Å². The van der Waals surface area contributed by atoms with Crippen LogP contribution in [0.25, 0.3) is 11.4 Å². The van der Waals surface area contributed by atoms with Gasteiger partial charge in [0.05, 0.1) is 5.56 Å². The first kappa shape index (κ1) is 19.6. The molecule has 1 unspecified atom stereocenters. The minimum atomic E-state index is -4.44. The van der Waals surface area contributed by atoms with Crippen molar-refractivity contribution < 1.29 is 22.5 Å². The summed E-state index contributed by atoms with van der Waals surface area (Å²) in [4.78, 5) is 18.9. The van der Waals surface area contributed by atoms with Gasteiger partial charge in [0.25, 0.3) is 5.91 Å². The first-order chi connectivity index (χ1) is 13.8. The van der Waals surface area contributed by atoms with E-state index in [1.165, 1.54) is 12.1 Å². The maximum absolute atomic E-state index is 12.9. The highest BCUT2D eigenvalue weighted by Crippen LogP contribution is 2.34. The van der Waals surface area contributed by atoms with Crippen molar-refractivity contribution in [1.82, 2.24) is 15.0 Å². The van der Waals surface area contributed by atoms with Crippen molar-refractivity contribution in [3.05, 3.63) is 70.0 Å². The van der Waals surface area contributed by atoms with Gasteiger partial charge in [0.1, 0.15) is 6.04 Å². The zero-order valence-corrected chi connectivity index (χ0v) is 16.6. The average molecular weight is 466 g/mol. The third-order valence-corrected chi connectivity index (χ3v) is 5.33. The summed E-state index contributed by atoms with van der Waals surface area (Å²) < 4.78 is 44.6. The minimum Gasteiger partial charge on any atom is -0.337 e. The molecule has 1 atom stereocenters. The Labute approximate surface area is 172 Å². The Morgan fingerprint density at radius 2 is 1.79 bits per heavy atom. The van der Waals surface area contributed by atoms with E-state index in [0.29, 0.717) is 24.7 Å². The van der Waals surface area contributed by atoms with Crippen molar-refractivity contribution in [3.8, 4) is 11.4 Å². The van der Waals surface area contributed by atoms with Crippen LogP contribution < -0.4 is 0 Å². The molecule has 0 spiro atoms. The number of carbonyl (C=O) groups excluding carboxylic acids is 1. The second kappa shape index (κ2) is 7.62. The first-order valence-electron chi connectivity index (χ1n) is 8.91. The van der Waals surface area contributed by atoms with Crippen molar-refractivity contribution in [2.75, 3.05) is 6.54 Å². The van der Waals surface area contributed by atoms with E-state index < -0.39 is 17.8 Å². The Bertz CT molecular complexity index is 1020. The molecule has 0 radical (unpaired) electrons. The molecular formula is C20H15BrF3N3O2. The van der Waals surface area contributed by atoms with Crippen LogP contribution in [0, 0.1) is 0 Å². The molecule has 0 aliphatic carbocycles. The number of benzene rings is 2. The van der Waals surface area contributed by atoms with Gasteiger partial charge in [0.15, 0.2) is 0 Å². The van der Waals surface area contributed by atoms with Crippen LogP contribution in [0.1, 0.15) is 40.7 Å². The molecular weight excluding hydrogens is 451 g/mol. The molecule has 9 heteroatoms. The number of hydrogen-bond acceptors (Lipinski definition) is 4. The van der Waals surface area contributed by atoms with Crippen molar-refractivity contribution in [1.29, 1.82) is 0 Å². The second-order valence-electron chi connectivity index (χ2n) is 6.69. The minimum absolute atomic E-state index is 0.192. The lowest BCUT2D eigenvalue weighted by atomic mass is 10.1. The van der Waals surface area contributed by atoms with Gasteiger partial charge in [0.2, 0.25) is 11.7 Å². The molecule has 0 N–H and O–H groups in total. The lowest BCUT2D eigenvalue weighted by Gasteiger charge is -2.22. The topological polar surface area (TPSA) is 59.2 Å². The Kier molecular flexibility index (Phi) is 5.16. The van der Waals surface area contributed by atoms with Crippen molar-refractivity contribution in [2.45, 2.75) is 25.1 Å². The molecule has 150 valence electrons. The second-order valence-corrected chi connectivity index (χ2v) is 7.61. The molecule has 1 aliphatic rings. The number of halogens is 4. The molecule has 1 aromatic heterocycles. The van der Waals surface area contributed by atoms with Crippen molar-refractivity contribution in [3.63, 3.8) is 0 Å². The van der Waals surface area contributed by atoms with Gasteiger partial charge in [0, 0.05) is 22.1 Å². The third-order valence-electron chi connectivity index (χ3n) is 4.80. The molecule has 0 saturated carbocycles. The van der Waals surface area contributed by atoms with Crippen LogP contribution in [0.2, 0.25) is 0 Å². The van der Waals surface area contributed by atoms with E-state index >= 15 is 0 Å². The Balaban J connectivity index is 1.55. The fourth-order valence-electron chi connectivity index (χ4n) is 3.32. The SMILES string of the molecule is O=C(c1ccc(C(F)(F)F)cc1)N1CCCC1c1nc(-c2ccc(Br)cc2)no1. The van der Waals surface area contributed by atoms with E-state index in [4.69, 9.17) is 4.52 Å². The number of nitrogens with zero attached hydrogens (tertiary/aromatic N) is 3. The van der Waals surface area contributed by atoms with Gasteiger partial charge in [-0.15, -0.1) is 0 Å². The highest BCUT2D eigenvalue weighted by molar-refractivity contribution is 9.10. The van der Waals surface area contributed by atoms with Crippen LogP contribution in [0.15, 0.2) is 57.5 Å². The van der Waals surface area contributed by atoms with E-state index in [9.17, 15) is 18.0 Å². The third kappa shape index (κ3) is 4.05. The number of rotatable bonds is 3. The molecule has 5 nitrogen and oxygen atoms in total. The van der Waals surface area contributed by atoms with Crippen LogP contribution in [0.4, 0.5) is 13.2 Å². The van der Waals surface area contributed by atoms with Crippen LogP contribution in [-0.4, -0.2) is 27.5 Å². The maximum Gasteiger partial charge on any atom is 0.416 e. The standard InChI is InChI=1S/C20H15BrF3N3O2/c21-15-9-5-12(6-10-15)17-25-18(29-26-17)16-2-1-11-27(16)19(28)13-3-7-14(8-4-13)20(22,23)24/h3-10,16H,1-2,11H2. The van der Waals surface area contributed by atoms with E-state index in [0.717, 1.165) is 28.6 Å². The number of amides is 1. The maximum atomic E-state index is 12.9. The number of hydrogen-bond donors (Lipinski definition) is 0. The summed E-state index contributed by atoms with van der Waals surface area (Å²) in [6.07, 6.45) is -3.05. The van der Waals surface area contributed by atoms with Crippen LogP contribution in [-0.2, 0) is 6.18 Å². The highest BCUT2D eigenvalue weighted by Gasteiger charge is 2.35. The molecule has 1 saturated heterocycles. The molecule has 2 aromatic carbocycles. The summed E-state index contributed by atoms with van der Waals surface area (Å²) in [5.74, 6) is 0.381. The van der Waals surface area contributed by atoms with Crippen LogP contribution >= 0.6 is 15.9 Å². The summed E-state index contributed by atoms with van der Waals surface area (Å²) >= 11 is 3.37. The summed E-state index contributed by atoms with van der Waals surface area (Å²) in [6.45, 7) is 0.473. The number of alkyl halides is 3. The predicted octanol–water partition coefficient (Wildman–Crippen LogP) is 5.50. The highest BCUT2D eigenvalue weighted by atomic mass is 79.9. The monoisotopic (exact) mass is 465 g/mol. The van der Waals surface area contributed by atoms with Gasteiger partial charge < -0.3 is 9.42 Å². The smallest absolute Gasteiger partial charge is 0.337 e. The Morgan fingerprint density at radius 1 is 1.10 bits per heavy atom. The number of likely N-dealkylation sites (tertiary alicyclic amines) is 1. The number of carbonyl (C=O) groups is 1. The molecule has 1 fully saturated rings. The lowest BCUT2D eigenvalue weighted by molar-refractivity contribution is -0.137. The first-order valence-corrected chi connectivity index (χ1v) is 9.70. The van der Waals surface area contributed by atoms with E-state index in [1.54, 1.807) is 4.90 Å². The Morgan fingerprint density at radius 3 is 2.45 bits per heavy atom. The van der Waals surface area contributed by atoms with E-state index in [-0.39, 0.29) is 11.5 Å². The predicted molar refractivity (Wildman–Crippen MR) is 102 cm³/mol. The number of aromatic nitrogens is 2. The molecule has 3 aromatic rings. The summed E-state index contributed by atoms with van der Waals surface area (Å²) in [5.41, 5.74) is 0.183. The van der Waals surface area contributed by atoms with Gasteiger partial charge in [-0.1, -0.05) is 21.1 Å². The van der Waals surface area contributed by atoms with Crippen LogP contribution in [0.5, 0.6) is 0 Å². The fraction of sp³-hybridized carbons (Fsp3) is 0.250. The molecule has 1 amide bonds.